The molecule has 2 rings (SSSR count). The molecule has 1 N–H and O–H groups in total. The SMILES string of the molecule is O=C(OCc1ccc(CO)c([N+](=O)[O-])c1)Oc1ccc([N+](=O)[O-])cc1. The number of aliphatic hydroxyl groups excluding tert-OH is 1. The summed E-state index contributed by atoms with van der Waals surface area (Å²) < 4.78 is 9.67. The fourth-order valence-electron chi connectivity index (χ4n) is 1.91. The van der Waals surface area contributed by atoms with Crippen LogP contribution in [0, 0.1) is 20.2 Å². The molecular weight excluding hydrogens is 336 g/mol. The van der Waals surface area contributed by atoms with Crippen molar-refractivity contribution >= 4 is 17.5 Å². The van der Waals surface area contributed by atoms with Gasteiger partial charge in [0.05, 0.1) is 22.0 Å². The Labute approximate surface area is 140 Å². The summed E-state index contributed by atoms with van der Waals surface area (Å²) in [5.41, 5.74) is 0.0380. The van der Waals surface area contributed by atoms with E-state index in [1.807, 2.05) is 0 Å². The molecule has 0 aromatic heterocycles. The lowest BCUT2D eigenvalue weighted by molar-refractivity contribution is -0.386. The molecule has 0 saturated heterocycles. The Morgan fingerprint density at radius 3 is 2.28 bits per heavy atom. The molecule has 2 aromatic carbocycles. The zero-order valence-corrected chi connectivity index (χ0v) is 12.7. The zero-order chi connectivity index (χ0) is 18.4. The van der Waals surface area contributed by atoms with Crippen molar-refractivity contribution in [2.45, 2.75) is 13.2 Å². The van der Waals surface area contributed by atoms with Crippen LogP contribution in [0.4, 0.5) is 16.2 Å². The summed E-state index contributed by atoms with van der Waals surface area (Å²) in [6.07, 6.45) is -1.07. The molecule has 0 atom stereocenters. The van der Waals surface area contributed by atoms with Crippen LogP contribution in [0.5, 0.6) is 5.75 Å². The van der Waals surface area contributed by atoms with Gasteiger partial charge in [0.2, 0.25) is 0 Å². The number of nitro benzene ring substituents is 2. The third-order valence-electron chi connectivity index (χ3n) is 3.12. The minimum Gasteiger partial charge on any atom is -0.429 e. The molecule has 0 saturated carbocycles. The van der Waals surface area contributed by atoms with E-state index in [0.717, 1.165) is 0 Å². The number of carbonyl (C=O) groups excluding carboxylic acids is 1. The fourth-order valence-corrected chi connectivity index (χ4v) is 1.91. The topological polar surface area (TPSA) is 142 Å². The first-order valence-electron chi connectivity index (χ1n) is 6.87. The molecule has 2 aromatic rings. The summed E-state index contributed by atoms with van der Waals surface area (Å²) in [7, 11) is 0. The Hall–Kier alpha value is -3.53. The first-order valence-corrected chi connectivity index (χ1v) is 6.87. The average molecular weight is 348 g/mol. The number of benzene rings is 2. The van der Waals surface area contributed by atoms with Crippen LogP contribution in [-0.4, -0.2) is 21.1 Å². The Morgan fingerprint density at radius 2 is 1.72 bits per heavy atom. The molecule has 0 radical (unpaired) electrons. The number of aliphatic hydroxyl groups is 1. The summed E-state index contributed by atoms with van der Waals surface area (Å²) in [6, 6.07) is 8.82. The molecule has 0 spiro atoms. The monoisotopic (exact) mass is 348 g/mol. The van der Waals surface area contributed by atoms with E-state index < -0.39 is 22.6 Å². The quantitative estimate of drug-likeness (QED) is 0.363. The number of hydrogen-bond acceptors (Lipinski definition) is 8. The highest BCUT2D eigenvalue weighted by Crippen LogP contribution is 2.21. The van der Waals surface area contributed by atoms with E-state index in [-0.39, 0.29) is 29.3 Å². The van der Waals surface area contributed by atoms with Gasteiger partial charge in [0.15, 0.2) is 0 Å². The molecular formula is C15H12N2O8. The van der Waals surface area contributed by atoms with Gasteiger partial charge in [-0.1, -0.05) is 6.07 Å². The Kier molecular flexibility index (Phi) is 5.58. The van der Waals surface area contributed by atoms with E-state index >= 15 is 0 Å². The molecule has 0 amide bonds. The molecule has 0 bridgehead atoms. The summed E-state index contributed by atoms with van der Waals surface area (Å²) >= 11 is 0. The van der Waals surface area contributed by atoms with Crippen molar-refractivity contribution in [2.75, 3.05) is 0 Å². The van der Waals surface area contributed by atoms with Crippen molar-refractivity contribution in [3.8, 4) is 5.75 Å². The van der Waals surface area contributed by atoms with Gasteiger partial charge in [0.25, 0.3) is 11.4 Å². The molecule has 130 valence electrons. The molecule has 0 aliphatic heterocycles. The highest BCUT2D eigenvalue weighted by atomic mass is 16.7. The maximum absolute atomic E-state index is 11.6. The van der Waals surface area contributed by atoms with E-state index in [2.05, 4.69) is 0 Å². The third kappa shape index (κ3) is 4.72. The van der Waals surface area contributed by atoms with Gasteiger partial charge in [-0.15, -0.1) is 0 Å². The minimum atomic E-state index is -1.07. The van der Waals surface area contributed by atoms with Crippen molar-refractivity contribution in [1.82, 2.24) is 0 Å². The summed E-state index contributed by atoms with van der Waals surface area (Å²) in [4.78, 5) is 31.8. The lowest BCUT2D eigenvalue weighted by Gasteiger charge is -2.07. The van der Waals surface area contributed by atoms with E-state index in [1.165, 1.54) is 42.5 Å². The van der Waals surface area contributed by atoms with Crippen LogP contribution < -0.4 is 4.74 Å². The van der Waals surface area contributed by atoms with Gasteiger partial charge in [-0.25, -0.2) is 4.79 Å². The van der Waals surface area contributed by atoms with Crippen LogP contribution in [0.3, 0.4) is 0 Å². The van der Waals surface area contributed by atoms with Crippen LogP contribution in [0.2, 0.25) is 0 Å². The van der Waals surface area contributed by atoms with Gasteiger partial charge >= 0.3 is 6.16 Å². The van der Waals surface area contributed by atoms with Gasteiger partial charge in [-0.05, 0) is 23.8 Å². The summed E-state index contributed by atoms with van der Waals surface area (Å²) in [5.74, 6) is 0.0530. The van der Waals surface area contributed by atoms with Crippen LogP contribution in [0.25, 0.3) is 0 Å². The highest BCUT2D eigenvalue weighted by Gasteiger charge is 2.15. The van der Waals surface area contributed by atoms with E-state index in [1.54, 1.807) is 0 Å². The lowest BCUT2D eigenvalue weighted by Crippen LogP contribution is -2.10. The number of non-ortho nitro benzene ring substituents is 1. The third-order valence-corrected chi connectivity index (χ3v) is 3.12. The largest absolute Gasteiger partial charge is 0.514 e. The number of hydrogen-bond donors (Lipinski definition) is 1. The van der Waals surface area contributed by atoms with Gasteiger partial charge in [0.1, 0.15) is 12.4 Å². The fraction of sp³-hybridized carbons (Fsp3) is 0.133. The number of rotatable bonds is 6. The summed E-state index contributed by atoms with van der Waals surface area (Å²) in [5, 5.41) is 30.5. The Morgan fingerprint density at radius 1 is 1.04 bits per heavy atom. The van der Waals surface area contributed by atoms with E-state index in [0.29, 0.717) is 5.56 Å². The first kappa shape index (κ1) is 17.8. The average Bonchev–Trinajstić information content (AvgIpc) is 2.60. The number of ether oxygens (including phenoxy) is 2. The van der Waals surface area contributed by atoms with Crippen LogP contribution in [-0.2, 0) is 18.0 Å². The van der Waals surface area contributed by atoms with Gasteiger partial charge in [0, 0.05) is 18.2 Å². The second-order valence-corrected chi connectivity index (χ2v) is 4.77. The minimum absolute atomic E-state index is 0.0530. The first-order chi connectivity index (χ1) is 11.9. The van der Waals surface area contributed by atoms with Gasteiger partial charge in [-0.3, -0.25) is 20.2 Å². The molecule has 10 nitrogen and oxygen atoms in total. The molecule has 25 heavy (non-hydrogen) atoms. The second-order valence-electron chi connectivity index (χ2n) is 4.77. The maximum Gasteiger partial charge on any atom is 0.514 e. The summed E-state index contributed by atoms with van der Waals surface area (Å²) in [6.45, 7) is -0.766. The maximum atomic E-state index is 11.6. The molecule has 10 heteroatoms. The molecule has 0 heterocycles. The zero-order valence-electron chi connectivity index (χ0n) is 12.7. The van der Waals surface area contributed by atoms with Crippen molar-refractivity contribution in [3.63, 3.8) is 0 Å². The molecule has 0 unspecified atom stereocenters. The number of nitrogens with zero attached hydrogens (tertiary/aromatic N) is 2. The van der Waals surface area contributed by atoms with E-state index in [9.17, 15) is 25.0 Å². The highest BCUT2D eigenvalue weighted by molar-refractivity contribution is 5.64. The lowest BCUT2D eigenvalue weighted by atomic mass is 10.1. The molecule has 0 aliphatic carbocycles. The normalized spacial score (nSPS) is 10.1. The van der Waals surface area contributed by atoms with Crippen molar-refractivity contribution in [2.24, 2.45) is 0 Å². The van der Waals surface area contributed by atoms with Gasteiger partial charge < -0.3 is 14.6 Å². The van der Waals surface area contributed by atoms with Crippen molar-refractivity contribution in [3.05, 3.63) is 73.8 Å². The van der Waals surface area contributed by atoms with Crippen LogP contribution in [0.1, 0.15) is 11.1 Å². The van der Waals surface area contributed by atoms with Crippen molar-refractivity contribution in [1.29, 1.82) is 0 Å². The second kappa shape index (κ2) is 7.84. The van der Waals surface area contributed by atoms with E-state index in [4.69, 9.17) is 14.6 Å². The van der Waals surface area contributed by atoms with Gasteiger partial charge in [-0.2, -0.15) is 0 Å². The molecule has 0 fully saturated rings. The predicted octanol–water partition coefficient (Wildman–Crippen LogP) is 2.71. The molecule has 0 aliphatic rings. The number of carbonyl (C=O) groups is 1. The smallest absolute Gasteiger partial charge is 0.429 e. The Balaban J connectivity index is 1.96. The predicted molar refractivity (Wildman–Crippen MR) is 82.9 cm³/mol. The van der Waals surface area contributed by atoms with Crippen molar-refractivity contribution < 1.29 is 29.2 Å². The Bertz CT molecular complexity index is 804. The number of nitro groups is 2. The van der Waals surface area contributed by atoms with Crippen LogP contribution >= 0.6 is 0 Å². The van der Waals surface area contributed by atoms with Crippen LogP contribution in [0.15, 0.2) is 42.5 Å². The standard InChI is InChI=1S/C15H12N2O8/c18-8-11-2-1-10(7-14(11)17(22)23)9-24-15(19)25-13-5-3-12(4-6-13)16(20)21/h1-7,18H,8-9H2.